The van der Waals surface area contributed by atoms with E-state index in [1.165, 1.54) is 10.8 Å². The molecule has 0 saturated heterocycles. The van der Waals surface area contributed by atoms with Crippen LogP contribution < -0.4 is 5.73 Å². The van der Waals surface area contributed by atoms with Gasteiger partial charge in [-0.1, -0.05) is 56.3 Å². The number of hydrogen-bond acceptors (Lipinski definition) is 2. The van der Waals surface area contributed by atoms with Crippen molar-refractivity contribution >= 4 is 21.6 Å². The molecule has 0 heterocycles. The molecular formula is C16H21NOS. The Balaban J connectivity index is 2.22. The molecule has 0 fully saturated rings. The second kappa shape index (κ2) is 6.31. The maximum Gasteiger partial charge on any atom is 0.0428 e. The molecule has 0 aliphatic rings. The van der Waals surface area contributed by atoms with E-state index < -0.39 is 10.8 Å². The molecule has 2 unspecified atom stereocenters. The van der Waals surface area contributed by atoms with Gasteiger partial charge < -0.3 is 5.73 Å². The third-order valence-electron chi connectivity index (χ3n) is 3.11. The minimum absolute atomic E-state index is 0.161. The minimum atomic E-state index is -0.849. The van der Waals surface area contributed by atoms with Crippen molar-refractivity contribution < 1.29 is 4.21 Å². The van der Waals surface area contributed by atoms with Crippen molar-refractivity contribution in [1.29, 1.82) is 0 Å². The van der Waals surface area contributed by atoms with Crippen molar-refractivity contribution in [1.82, 2.24) is 0 Å². The summed E-state index contributed by atoms with van der Waals surface area (Å²) in [5, 5.41) is 2.35. The van der Waals surface area contributed by atoms with Crippen molar-refractivity contribution in [2.75, 3.05) is 11.5 Å². The summed E-state index contributed by atoms with van der Waals surface area (Å²) in [5.41, 5.74) is 7.34. The lowest BCUT2D eigenvalue weighted by Crippen LogP contribution is -2.21. The van der Waals surface area contributed by atoms with E-state index >= 15 is 0 Å². The lowest BCUT2D eigenvalue weighted by Gasteiger charge is -2.15. The van der Waals surface area contributed by atoms with Gasteiger partial charge in [-0.3, -0.25) is 4.21 Å². The molecule has 0 bridgehead atoms. The molecule has 2 rings (SSSR count). The van der Waals surface area contributed by atoms with Crippen LogP contribution in [0.25, 0.3) is 10.8 Å². The zero-order chi connectivity index (χ0) is 13.8. The average molecular weight is 275 g/mol. The van der Waals surface area contributed by atoms with Gasteiger partial charge >= 0.3 is 0 Å². The van der Waals surface area contributed by atoms with E-state index in [2.05, 4.69) is 32.0 Å². The SMILES string of the molecule is CC(C)CS(=O)CC(N)c1cccc2ccccc12. The van der Waals surface area contributed by atoms with E-state index in [0.717, 1.165) is 11.3 Å². The molecule has 0 radical (unpaired) electrons. The van der Waals surface area contributed by atoms with E-state index in [1.54, 1.807) is 0 Å². The second-order valence-corrected chi connectivity index (χ2v) is 6.89. The van der Waals surface area contributed by atoms with Crippen LogP contribution in [-0.2, 0) is 10.8 Å². The Morgan fingerprint density at radius 3 is 2.47 bits per heavy atom. The van der Waals surface area contributed by atoms with Crippen LogP contribution in [0.5, 0.6) is 0 Å². The molecule has 2 nitrogen and oxygen atoms in total. The molecule has 2 aromatic carbocycles. The molecule has 102 valence electrons. The number of hydrogen-bond donors (Lipinski definition) is 1. The predicted octanol–water partition coefficient (Wildman–Crippen LogP) is 3.24. The highest BCUT2D eigenvalue weighted by Crippen LogP contribution is 2.23. The van der Waals surface area contributed by atoms with Gasteiger partial charge in [0.15, 0.2) is 0 Å². The minimum Gasteiger partial charge on any atom is -0.323 e. The van der Waals surface area contributed by atoms with Crippen LogP contribution in [0.1, 0.15) is 25.5 Å². The zero-order valence-electron chi connectivity index (χ0n) is 11.5. The highest BCUT2D eigenvalue weighted by atomic mass is 32.2. The van der Waals surface area contributed by atoms with Crippen LogP contribution >= 0.6 is 0 Å². The maximum atomic E-state index is 12.0. The Bertz CT molecular complexity index is 574. The fourth-order valence-corrected chi connectivity index (χ4v) is 3.76. The van der Waals surface area contributed by atoms with E-state index in [4.69, 9.17) is 5.73 Å². The van der Waals surface area contributed by atoms with Crippen molar-refractivity contribution in [2.24, 2.45) is 11.7 Å². The van der Waals surface area contributed by atoms with Gasteiger partial charge in [0.05, 0.1) is 0 Å². The molecule has 2 aromatic rings. The molecule has 3 heteroatoms. The first-order valence-corrected chi connectivity index (χ1v) is 8.15. The fourth-order valence-electron chi connectivity index (χ4n) is 2.30. The largest absolute Gasteiger partial charge is 0.323 e. The Labute approximate surface area is 117 Å². The van der Waals surface area contributed by atoms with Crippen LogP contribution in [0.2, 0.25) is 0 Å². The molecule has 19 heavy (non-hydrogen) atoms. The van der Waals surface area contributed by atoms with Crippen molar-refractivity contribution in [3.8, 4) is 0 Å². The number of benzene rings is 2. The summed E-state index contributed by atoms with van der Waals surface area (Å²) < 4.78 is 12.0. The highest BCUT2D eigenvalue weighted by Gasteiger charge is 2.13. The van der Waals surface area contributed by atoms with Gasteiger partial charge in [-0.15, -0.1) is 0 Å². The number of rotatable bonds is 5. The van der Waals surface area contributed by atoms with Gasteiger partial charge in [0, 0.05) is 28.3 Å². The summed E-state index contributed by atoms with van der Waals surface area (Å²) >= 11 is 0. The Kier molecular flexibility index (Phi) is 4.72. The molecule has 0 amide bonds. The first-order chi connectivity index (χ1) is 9.08. The first kappa shape index (κ1) is 14.2. The Morgan fingerprint density at radius 1 is 1.05 bits per heavy atom. The van der Waals surface area contributed by atoms with Gasteiger partial charge in [-0.2, -0.15) is 0 Å². The molecule has 0 aliphatic heterocycles. The molecule has 0 saturated carbocycles. The van der Waals surface area contributed by atoms with Gasteiger partial charge in [0.2, 0.25) is 0 Å². The van der Waals surface area contributed by atoms with E-state index in [-0.39, 0.29) is 6.04 Å². The number of nitrogens with two attached hydrogens (primary N) is 1. The third kappa shape index (κ3) is 3.64. The van der Waals surface area contributed by atoms with Crippen LogP contribution in [0.3, 0.4) is 0 Å². The summed E-state index contributed by atoms with van der Waals surface area (Å²) in [7, 11) is -0.849. The van der Waals surface area contributed by atoms with E-state index in [0.29, 0.717) is 11.7 Å². The molecule has 2 atom stereocenters. The van der Waals surface area contributed by atoms with Crippen LogP contribution in [0.15, 0.2) is 42.5 Å². The smallest absolute Gasteiger partial charge is 0.0428 e. The second-order valence-electron chi connectivity index (χ2n) is 5.34. The third-order valence-corrected chi connectivity index (χ3v) is 4.88. The standard InChI is InChI=1S/C16H21NOS/c1-12(2)10-19(18)11-16(17)15-9-5-7-13-6-3-4-8-14(13)15/h3-9,12,16H,10-11,17H2,1-2H3. The summed E-state index contributed by atoms with van der Waals surface area (Å²) in [6.07, 6.45) is 0. The first-order valence-electron chi connectivity index (χ1n) is 6.66. The summed E-state index contributed by atoms with van der Waals surface area (Å²) in [4.78, 5) is 0. The number of fused-ring (bicyclic) bond motifs is 1. The Hall–Kier alpha value is -1.19. The predicted molar refractivity (Wildman–Crippen MR) is 83.6 cm³/mol. The van der Waals surface area contributed by atoms with Crippen LogP contribution in [-0.4, -0.2) is 15.7 Å². The molecule has 0 aliphatic carbocycles. The van der Waals surface area contributed by atoms with Crippen LogP contribution in [0, 0.1) is 5.92 Å². The average Bonchev–Trinajstić information content (AvgIpc) is 2.36. The molecule has 0 aromatic heterocycles. The van der Waals surface area contributed by atoms with Gasteiger partial charge in [-0.05, 0) is 22.3 Å². The summed E-state index contributed by atoms with van der Waals surface area (Å²) in [6, 6.07) is 14.2. The van der Waals surface area contributed by atoms with Crippen molar-refractivity contribution in [3.63, 3.8) is 0 Å². The Morgan fingerprint density at radius 2 is 1.74 bits per heavy atom. The monoisotopic (exact) mass is 275 g/mol. The van der Waals surface area contributed by atoms with Gasteiger partial charge in [0.25, 0.3) is 0 Å². The lowest BCUT2D eigenvalue weighted by atomic mass is 10.0. The highest BCUT2D eigenvalue weighted by molar-refractivity contribution is 7.85. The van der Waals surface area contributed by atoms with E-state index in [1.807, 2.05) is 24.3 Å². The summed E-state index contributed by atoms with van der Waals surface area (Å²) in [5.74, 6) is 1.70. The van der Waals surface area contributed by atoms with Gasteiger partial charge in [-0.25, -0.2) is 0 Å². The normalized spacial score (nSPS) is 14.7. The molecule has 2 N–H and O–H groups in total. The topological polar surface area (TPSA) is 43.1 Å². The van der Waals surface area contributed by atoms with Crippen LogP contribution in [0.4, 0.5) is 0 Å². The van der Waals surface area contributed by atoms with E-state index in [9.17, 15) is 4.21 Å². The maximum absolute atomic E-state index is 12.0. The zero-order valence-corrected chi connectivity index (χ0v) is 12.3. The molecular weight excluding hydrogens is 254 g/mol. The fraction of sp³-hybridized carbons (Fsp3) is 0.375. The van der Waals surface area contributed by atoms with Gasteiger partial charge in [0.1, 0.15) is 0 Å². The molecule has 0 spiro atoms. The summed E-state index contributed by atoms with van der Waals surface area (Å²) in [6.45, 7) is 4.17. The van der Waals surface area contributed by atoms with Crippen molar-refractivity contribution in [3.05, 3.63) is 48.0 Å². The van der Waals surface area contributed by atoms with Crippen molar-refractivity contribution in [2.45, 2.75) is 19.9 Å². The lowest BCUT2D eigenvalue weighted by molar-refractivity contribution is 0.658. The quantitative estimate of drug-likeness (QED) is 0.910.